The van der Waals surface area contributed by atoms with Gasteiger partial charge in [-0.3, -0.25) is 9.36 Å². The number of rotatable bonds is 4. The summed E-state index contributed by atoms with van der Waals surface area (Å²) in [5.41, 5.74) is 4.00. The molecular weight excluding hydrogens is 328 g/mol. The van der Waals surface area contributed by atoms with Crippen LogP contribution in [0.3, 0.4) is 0 Å². The lowest BCUT2D eigenvalue weighted by atomic mass is 10.0. The third-order valence-electron chi connectivity index (χ3n) is 4.55. The van der Waals surface area contributed by atoms with E-state index in [4.69, 9.17) is 9.47 Å². The van der Waals surface area contributed by atoms with Crippen molar-refractivity contribution in [1.29, 1.82) is 0 Å². The maximum atomic E-state index is 11.6. The Morgan fingerprint density at radius 2 is 1.88 bits per heavy atom. The van der Waals surface area contributed by atoms with Crippen molar-refractivity contribution in [3.8, 4) is 22.9 Å². The molecule has 5 nitrogen and oxygen atoms in total. The number of hydrogen-bond acceptors (Lipinski definition) is 4. The number of benzene rings is 2. The van der Waals surface area contributed by atoms with E-state index in [2.05, 4.69) is 36.2 Å². The number of aromatic nitrogens is 2. The SMILES string of the molecule is Cc1ccccc1-c1ccc(OCC2Cn3cc(C)c(=O)nc3O2)cc1. The van der Waals surface area contributed by atoms with Crippen LogP contribution in [-0.4, -0.2) is 22.3 Å². The van der Waals surface area contributed by atoms with Gasteiger partial charge in [0.15, 0.2) is 6.10 Å². The molecule has 0 bridgehead atoms. The molecule has 1 atom stereocenters. The van der Waals surface area contributed by atoms with Crippen molar-refractivity contribution in [1.82, 2.24) is 9.55 Å². The van der Waals surface area contributed by atoms with Crippen LogP contribution in [0.2, 0.25) is 0 Å². The number of ether oxygens (including phenoxy) is 2. The fraction of sp³-hybridized carbons (Fsp3) is 0.238. The molecule has 0 saturated heterocycles. The van der Waals surface area contributed by atoms with Crippen LogP contribution in [0.1, 0.15) is 11.1 Å². The first-order valence-electron chi connectivity index (χ1n) is 8.64. The lowest BCUT2D eigenvalue weighted by Gasteiger charge is -2.12. The second-order valence-corrected chi connectivity index (χ2v) is 6.55. The zero-order valence-electron chi connectivity index (χ0n) is 14.8. The molecule has 1 aliphatic heterocycles. The van der Waals surface area contributed by atoms with Crippen molar-refractivity contribution in [2.75, 3.05) is 6.61 Å². The third-order valence-corrected chi connectivity index (χ3v) is 4.55. The second-order valence-electron chi connectivity index (χ2n) is 6.55. The first kappa shape index (κ1) is 16.4. The molecule has 5 heteroatoms. The smallest absolute Gasteiger partial charge is 0.300 e. The molecule has 132 valence electrons. The Kier molecular flexibility index (Phi) is 4.21. The summed E-state index contributed by atoms with van der Waals surface area (Å²) >= 11 is 0. The largest absolute Gasteiger partial charge is 0.490 e. The van der Waals surface area contributed by atoms with Crippen LogP contribution < -0.4 is 15.0 Å². The highest BCUT2D eigenvalue weighted by molar-refractivity contribution is 5.67. The minimum Gasteiger partial charge on any atom is -0.490 e. The summed E-state index contributed by atoms with van der Waals surface area (Å²) in [5, 5.41) is 0. The molecule has 26 heavy (non-hydrogen) atoms. The molecule has 0 radical (unpaired) electrons. The topological polar surface area (TPSA) is 53.4 Å². The maximum Gasteiger partial charge on any atom is 0.300 e. The van der Waals surface area contributed by atoms with E-state index in [1.807, 2.05) is 28.8 Å². The van der Waals surface area contributed by atoms with Crippen LogP contribution in [0.25, 0.3) is 11.1 Å². The molecular formula is C21H20N2O3. The molecule has 0 aliphatic carbocycles. The average molecular weight is 348 g/mol. The van der Waals surface area contributed by atoms with Crippen molar-refractivity contribution in [2.24, 2.45) is 0 Å². The van der Waals surface area contributed by atoms with Gasteiger partial charge in [0.1, 0.15) is 12.4 Å². The minimum atomic E-state index is -0.246. The van der Waals surface area contributed by atoms with Gasteiger partial charge in [0, 0.05) is 11.8 Å². The van der Waals surface area contributed by atoms with Crippen LogP contribution >= 0.6 is 0 Å². The molecule has 0 amide bonds. The van der Waals surface area contributed by atoms with E-state index in [9.17, 15) is 4.79 Å². The first-order chi connectivity index (χ1) is 12.6. The van der Waals surface area contributed by atoms with Gasteiger partial charge < -0.3 is 9.47 Å². The number of fused-ring (bicyclic) bond motifs is 1. The van der Waals surface area contributed by atoms with Gasteiger partial charge in [0.05, 0.1) is 6.54 Å². The van der Waals surface area contributed by atoms with Crippen molar-refractivity contribution in [3.63, 3.8) is 0 Å². The van der Waals surface area contributed by atoms with Crippen molar-refractivity contribution < 1.29 is 9.47 Å². The predicted molar refractivity (Wildman–Crippen MR) is 99.8 cm³/mol. The quantitative estimate of drug-likeness (QED) is 0.725. The van der Waals surface area contributed by atoms with Crippen LogP contribution in [0.4, 0.5) is 0 Å². The summed E-state index contributed by atoms with van der Waals surface area (Å²) in [7, 11) is 0. The zero-order valence-corrected chi connectivity index (χ0v) is 14.8. The standard InChI is InChI=1S/C21H20N2O3/c1-14-5-3-4-6-19(14)16-7-9-17(10-8-16)25-13-18-12-23-11-15(2)20(24)22-21(23)26-18/h3-11,18H,12-13H2,1-2H3. The summed E-state index contributed by atoms with van der Waals surface area (Å²) in [6, 6.07) is 16.7. The van der Waals surface area contributed by atoms with Gasteiger partial charge in [-0.2, -0.15) is 4.98 Å². The molecule has 0 N–H and O–H groups in total. The monoisotopic (exact) mass is 348 g/mol. The molecule has 0 saturated carbocycles. The number of hydrogen-bond donors (Lipinski definition) is 0. The lowest BCUT2D eigenvalue weighted by Crippen LogP contribution is -2.23. The summed E-state index contributed by atoms with van der Waals surface area (Å²) in [6.07, 6.45) is 1.63. The van der Waals surface area contributed by atoms with Crippen molar-refractivity contribution in [3.05, 3.63) is 76.2 Å². The third kappa shape index (κ3) is 3.20. The van der Waals surface area contributed by atoms with Crippen molar-refractivity contribution in [2.45, 2.75) is 26.5 Å². The molecule has 0 fully saturated rings. The van der Waals surface area contributed by atoms with Crippen LogP contribution in [0.5, 0.6) is 11.8 Å². The van der Waals surface area contributed by atoms with Gasteiger partial charge in [-0.25, -0.2) is 0 Å². The average Bonchev–Trinajstić information content (AvgIpc) is 3.03. The Labute approximate surface area is 151 Å². The van der Waals surface area contributed by atoms with E-state index < -0.39 is 0 Å². The normalized spacial score (nSPS) is 15.4. The zero-order chi connectivity index (χ0) is 18.1. The summed E-state index contributed by atoms with van der Waals surface area (Å²) in [5.74, 6) is 0.792. The van der Waals surface area contributed by atoms with E-state index in [0.717, 1.165) is 11.3 Å². The first-order valence-corrected chi connectivity index (χ1v) is 8.64. The minimum absolute atomic E-state index is 0.153. The molecule has 1 aromatic heterocycles. The molecule has 2 heterocycles. The van der Waals surface area contributed by atoms with Gasteiger partial charge >= 0.3 is 0 Å². The van der Waals surface area contributed by atoms with Crippen LogP contribution in [0.15, 0.2) is 59.5 Å². The molecule has 3 aromatic rings. The molecule has 4 rings (SSSR count). The fourth-order valence-corrected chi connectivity index (χ4v) is 3.12. The van der Waals surface area contributed by atoms with Crippen LogP contribution in [-0.2, 0) is 6.54 Å². The van der Waals surface area contributed by atoms with E-state index in [1.54, 1.807) is 13.1 Å². The molecule has 2 aromatic carbocycles. The number of nitrogens with zero attached hydrogens (tertiary/aromatic N) is 2. The van der Waals surface area contributed by atoms with Crippen molar-refractivity contribution >= 4 is 0 Å². The Bertz CT molecular complexity index is 993. The highest BCUT2D eigenvalue weighted by Crippen LogP contribution is 2.25. The molecule has 1 aliphatic rings. The van der Waals surface area contributed by atoms with E-state index >= 15 is 0 Å². The van der Waals surface area contributed by atoms with Gasteiger partial charge in [-0.15, -0.1) is 0 Å². The maximum absolute atomic E-state index is 11.6. The molecule has 1 unspecified atom stereocenters. The Balaban J connectivity index is 1.40. The van der Waals surface area contributed by atoms with E-state index in [0.29, 0.717) is 24.7 Å². The lowest BCUT2D eigenvalue weighted by molar-refractivity contribution is 0.143. The van der Waals surface area contributed by atoms with Gasteiger partial charge in [0.25, 0.3) is 11.6 Å². The molecule has 0 spiro atoms. The van der Waals surface area contributed by atoms with Gasteiger partial charge in [0.2, 0.25) is 0 Å². The highest BCUT2D eigenvalue weighted by atomic mass is 16.6. The van der Waals surface area contributed by atoms with E-state index in [1.165, 1.54) is 11.1 Å². The van der Waals surface area contributed by atoms with Gasteiger partial charge in [-0.1, -0.05) is 36.4 Å². The predicted octanol–water partition coefficient (Wildman–Crippen LogP) is 3.37. The summed E-state index contributed by atoms with van der Waals surface area (Å²) < 4.78 is 13.4. The Hall–Kier alpha value is -3.08. The summed E-state index contributed by atoms with van der Waals surface area (Å²) in [6.45, 7) is 4.89. The summed E-state index contributed by atoms with van der Waals surface area (Å²) in [4.78, 5) is 15.5. The Morgan fingerprint density at radius 3 is 2.65 bits per heavy atom. The highest BCUT2D eigenvalue weighted by Gasteiger charge is 2.24. The second kappa shape index (κ2) is 6.67. The fourth-order valence-electron chi connectivity index (χ4n) is 3.12. The van der Waals surface area contributed by atoms with E-state index in [-0.39, 0.29) is 11.7 Å². The Morgan fingerprint density at radius 1 is 1.12 bits per heavy atom. The van der Waals surface area contributed by atoms with Gasteiger partial charge in [-0.05, 0) is 42.7 Å². The van der Waals surface area contributed by atoms with Crippen LogP contribution in [0, 0.1) is 13.8 Å². The number of aryl methyl sites for hydroxylation is 2.